The largest absolute Gasteiger partial charge is 0.868 e. The van der Waals surface area contributed by atoms with Crippen LogP contribution >= 0.6 is 0 Å². The van der Waals surface area contributed by atoms with Gasteiger partial charge in [-0.15, -0.1) is 0 Å². The fourth-order valence-electron chi connectivity index (χ4n) is 1.90. The number of nitrogens with two attached hydrogens (primary N) is 1. The van der Waals surface area contributed by atoms with Crippen LogP contribution in [-0.2, 0) is 0 Å². The number of aryl methyl sites for hydroxylation is 1. The molecule has 0 radical (unpaired) electrons. The van der Waals surface area contributed by atoms with Gasteiger partial charge < -0.3 is 9.52 Å². The van der Waals surface area contributed by atoms with E-state index < -0.39 is 27.0 Å². The van der Waals surface area contributed by atoms with Crippen molar-refractivity contribution in [1.82, 2.24) is 0 Å². The molecule has 24 heavy (non-hydrogen) atoms. The number of aromatic nitrogens is 1. The summed E-state index contributed by atoms with van der Waals surface area (Å²) in [6.45, 7) is 1.92. The summed E-state index contributed by atoms with van der Waals surface area (Å²) in [6, 6.07) is 6.18. The molecule has 10 heteroatoms. The lowest BCUT2D eigenvalue weighted by Gasteiger charge is -2.03. The molecule has 2 aromatic heterocycles. The van der Waals surface area contributed by atoms with Crippen LogP contribution in [0.15, 0.2) is 47.1 Å². The number of nitrogen functional groups attached to an aromatic ring is 1. The quantitative estimate of drug-likeness (QED) is 0.321. The van der Waals surface area contributed by atoms with Gasteiger partial charge in [0.25, 0.3) is 11.4 Å². The van der Waals surface area contributed by atoms with Gasteiger partial charge in [-0.1, -0.05) is 10.7 Å². The molecule has 0 spiro atoms. The number of nitro benzene ring substituents is 2. The van der Waals surface area contributed by atoms with Gasteiger partial charge in [-0.2, -0.15) is 0 Å². The Morgan fingerprint density at radius 2 is 1.83 bits per heavy atom. The van der Waals surface area contributed by atoms with Gasteiger partial charge in [-0.25, -0.2) is 5.84 Å². The van der Waals surface area contributed by atoms with Crippen molar-refractivity contribution in [3.63, 3.8) is 0 Å². The van der Waals surface area contributed by atoms with Gasteiger partial charge in [0.1, 0.15) is 11.3 Å². The normalized spacial score (nSPS) is 10.0. The van der Waals surface area contributed by atoms with Crippen molar-refractivity contribution >= 4 is 22.3 Å². The Hall–Kier alpha value is -3.69. The van der Waals surface area contributed by atoms with Gasteiger partial charge in [0, 0.05) is 12.1 Å². The Morgan fingerprint density at radius 3 is 2.46 bits per heavy atom. The molecule has 0 bridgehead atoms. The van der Waals surface area contributed by atoms with E-state index in [0.29, 0.717) is 6.07 Å². The number of hydrogen-bond acceptors (Lipinski definition) is 7. The highest BCUT2D eigenvalue weighted by molar-refractivity contribution is 5.75. The first-order valence-corrected chi connectivity index (χ1v) is 6.54. The highest BCUT2D eigenvalue weighted by Gasteiger charge is 2.13. The molecule has 1 aromatic carbocycles. The lowest BCUT2D eigenvalue weighted by molar-refractivity contribution is -0.637. The molecule has 0 aliphatic carbocycles. The van der Waals surface area contributed by atoms with E-state index in [1.54, 1.807) is 6.20 Å². The molecule has 0 fully saturated rings. The Balaban J connectivity index is 0.000000175. The molecular formula is C14H12N4O6. The van der Waals surface area contributed by atoms with E-state index in [9.17, 15) is 25.3 Å². The number of non-ortho nitro benzene ring substituents is 1. The number of rotatable bonds is 2. The van der Waals surface area contributed by atoms with Crippen LogP contribution in [-0.4, -0.2) is 9.85 Å². The van der Waals surface area contributed by atoms with E-state index in [1.807, 2.05) is 25.3 Å². The maximum atomic E-state index is 10.8. The third kappa shape index (κ3) is 3.74. The average molecular weight is 332 g/mol. The summed E-state index contributed by atoms with van der Waals surface area (Å²) in [5.74, 6) is 5.58. The lowest BCUT2D eigenvalue weighted by atomic mass is 10.2. The Kier molecular flexibility index (Phi) is 4.59. The molecule has 0 saturated heterocycles. The first-order chi connectivity index (χ1) is 11.3. The van der Waals surface area contributed by atoms with Crippen molar-refractivity contribution in [2.24, 2.45) is 0 Å². The van der Waals surface area contributed by atoms with E-state index in [1.165, 1.54) is 4.68 Å². The minimum Gasteiger partial charge on any atom is -0.868 e. The standard InChI is InChI=1S/C8H9N2O.C6H4N2O5/c1-6-4-7-5-10(9)3-2-8(7)11-6;9-6-2-1-4(7(10)11)3-5(6)8(12)13/h2-5H,9H2,1H3;1-3,9H/q+1;/p-1. The summed E-state index contributed by atoms with van der Waals surface area (Å²) < 4.78 is 6.87. The van der Waals surface area contributed by atoms with Crippen molar-refractivity contribution in [2.75, 3.05) is 5.84 Å². The number of benzene rings is 1. The number of hydrogen-bond donors (Lipinski definition) is 1. The van der Waals surface area contributed by atoms with Crippen LogP contribution in [0.3, 0.4) is 0 Å². The van der Waals surface area contributed by atoms with Crippen LogP contribution in [0.2, 0.25) is 0 Å². The third-order valence-electron chi connectivity index (χ3n) is 2.95. The molecule has 0 aliphatic rings. The van der Waals surface area contributed by atoms with Crippen LogP contribution in [0.4, 0.5) is 11.4 Å². The first-order valence-electron chi connectivity index (χ1n) is 6.54. The molecule has 0 atom stereocenters. The van der Waals surface area contributed by atoms with Crippen molar-refractivity contribution in [1.29, 1.82) is 0 Å². The third-order valence-corrected chi connectivity index (χ3v) is 2.95. The van der Waals surface area contributed by atoms with Gasteiger partial charge in [-0.05, 0) is 18.7 Å². The molecule has 0 aliphatic heterocycles. The number of nitrogens with zero attached hydrogens (tertiary/aromatic N) is 3. The Morgan fingerprint density at radius 1 is 1.12 bits per heavy atom. The van der Waals surface area contributed by atoms with E-state index in [4.69, 9.17) is 10.3 Å². The summed E-state index contributed by atoms with van der Waals surface area (Å²) in [7, 11) is 0. The molecule has 124 valence electrons. The molecule has 0 amide bonds. The molecule has 3 rings (SSSR count). The highest BCUT2D eigenvalue weighted by atomic mass is 16.6. The van der Waals surface area contributed by atoms with E-state index in [2.05, 4.69) is 0 Å². The number of pyridine rings is 1. The molecule has 2 N–H and O–H groups in total. The average Bonchev–Trinajstić information content (AvgIpc) is 2.87. The smallest absolute Gasteiger partial charge is 0.276 e. The number of fused-ring (bicyclic) bond motifs is 1. The summed E-state index contributed by atoms with van der Waals surface area (Å²) in [6.07, 6.45) is 3.58. The molecular weight excluding hydrogens is 320 g/mol. The predicted molar refractivity (Wildman–Crippen MR) is 80.5 cm³/mol. The van der Waals surface area contributed by atoms with Crippen molar-refractivity contribution in [2.45, 2.75) is 6.92 Å². The highest BCUT2D eigenvalue weighted by Crippen LogP contribution is 2.27. The lowest BCUT2D eigenvalue weighted by Crippen LogP contribution is -2.43. The molecule has 2 heterocycles. The first kappa shape index (κ1) is 16.7. The van der Waals surface area contributed by atoms with Gasteiger partial charge >= 0.3 is 0 Å². The zero-order chi connectivity index (χ0) is 17.9. The maximum absolute atomic E-state index is 10.8. The van der Waals surface area contributed by atoms with Crippen LogP contribution in [0.1, 0.15) is 5.76 Å². The second kappa shape index (κ2) is 6.60. The SMILES string of the molecule is Cc1cc2c[n+](N)ccc2o1.O=[N+]([O-])c1ccc([O-])c([N+](=O)[O-])c1. The number of nitro groups is 2. The second-order valence-corrected chi connectivity index (χ2v) is 4.73. The summed E-state index contributed by atoms with van der Waals surface area (Å²) in [5, 5.41) is 32.2. The Labute approximate surface area is 134 Å². The molecule has 10 nitrogen and oxygen atoms in total. The van der Waals surface area contributed by atoms with Crippen molar-refractivity contribution in [3.05, 3.63) is 68.7 Å². The molecule has 0 saturated carbocycles. The maximum Gasteiger partial charge on any atom is 0.276 e. The number of furan rings is 1. The van der Waals surface area contributed by atoms with Crippen LogP contribution in [0, 0.1) is 27.2 Å². The molecule has 0 unspecified atom stereocenters. The van der Waals surface area contributed by atoms with Crippen molar-refractivity contribution in [3.8, 4) is 5.75 Å². The monoisotopic (exact) mass is 332 g/mol. The van der Waals surface area contributed by atoms with Crippen molar-refractivity contribution < 1.29 is 24.0 Å². The van der Waals surface area contributed by atoms with Gasteiger partial charge in [-0.3, -0.25) is 20.2 Å². The predicted octanol–water partition coefficient (Wildman–Crippen LogP) is 1.32. The van der Waals surface area contributed by atoms with E-state index in [0.717, 1.165) is 28.9 Å². The molecule has 3 aromatic rings. The Bertz CT molecular complexity index is 921. The summed E-state index contributed by atoms with van der Waals surface area (Å²) >= 11 is 0. The van der Waals surface area contributed by atoms with Gasteiger partial charge in [0.2, 0.25) is 12.4 Å². The minimum absolute atomic E-state index is 0.466. The van der Waals surface area contributed by atoms with Crippen LogP contribution in [0.5, 0.6) is 5.75 Å². The van der Waals surface area contributed by atoms with Gasteiger partial charge in [0.15, 0.2) is 0 Å². The fourth-order valence-corrected chi connectivity index (χ4v) is 1.90. The van der Waals surface area contributed by atoms with Crippen LogP contribution < -0.4 is 15.6 Å². The summed E-state index contributed by atoms with van der Waals surface area (Å²) in [5.41, 5.74) is -0.371. The van der Waals surface area contributed by atoms with E-state index in [-0.39, 0.29) is 0 Å². The van der Waals surface area contributed by atoms with E-state index >= 15 is 0 Å². The zero-order valence-electron chi connectivity index (χ0n) is 12.4. The second-order valence-electron chi connectivity index (χ2n) is 4.73. The minimum atomic E-state index is -0.949. The topological polar surface area (TPSA) is 152 Å². The fraction of sp³-hybridized carbons (Fsp3) is 0.0714. The summed E-state index contributed by atoms with van der Waals surface area (Å²) in [4.78, 5) is 18.6. The van der Waals surface area contributed by atoms with Crippen LogP contribution in [0.25, 0.3) is 11.0 Å². The zero-order valence-corrected chi connectivity index (χ0v) is 12.4. The van der Waals surface area contributed by atoms with Gasteiger partial charge in [0.05, 0.1) is 21.3 Å².